The molecule has 0 spiro atoms. The number of carbonyl (C=O) groups is 1. The number of nitrogens with zero attached hydrogens (tertiary/aromatic N) is 2. The second-order valence-electron chi connectivity index (χ2n) is 4.84. The first-order valence-electron chi connectivity index (χ1n) is 6.31. The van der Waals surface area contributed by atoms with E-state index in [4.69, 9.17) is 5.11 Å². The zero-order chi connectivity index (χ0) is 13.1. The number of carboxylic acids is 1. The van der Waals surface area contributed by atoms with Crippen LogP contribution in [-0.4, -0.2) is 26.8 Å². The Labute approximate surface area is 111 Å². The zero-order valence-corrected chi connectivity index (χ0v) is 11.5. The molecule has 2 rings (SSSR count). The molecule has 1 aromatic rings. The fourth-order valence-corrected chi connectivity index (χ4v) is 3.36. The van der Waals surface area contributed by atoms with E-state index in [1.165, 1.54) is 19.0 Å². The van der Waals surface area contributed by atoms with Crippen molar-refractivity contribution < 1.29 is 9.90 Å². The number of aromatic carboxylic acids is 1. The summed E-state index contributed by atoms with van der Waals surface area (Å²) in [5, 5.41) is 9.46. The Morgan fingerprint density at radius 2 is 2.28 bits per heavy atom. The Morgan fingerprint density at radius 3 is 2.83 bits per heavy atom. The lowest BCUT2D eigenvalue weighted by Gasteiger charge is -2.21. The number of hydrogen-bond acceptors (Lipinski definition) is 4. The van der Waals surface area contributed by atoms with Gasteiger partial charge in [-0.2, -0.15) is 11.8 Å². The third-order valence-corrected chi connectivity index (χ3v) is 4.46. The second-order valence-corrected chi connectivity index (χ2v) is 6.15. The van der Waals surface area contributed by atoms with Crippen molar-refractivity contribution in [3.63, 3.8) is 0 Å². The molecule has 1 aliphatic rings. The zero-order valence-electron chi connectivity index (χ0n) is 10.7. The topological polar surface area (TPSA) is 63.1 Å². The first kappa shape index (κ1) is 13.3. The predicted molar refractivity (Wildman–Crippen MR) is 72.1 cm³/mol. The van der Waals surface area contributed by atoms with Gasteiger partial charge in [-0.15, -0.1) is 0 Å². The van der Waals surface area contributed by atoms with E-state index in [1.54, 1.807) is 0 Å². The monoisotopic (exact) mass is 266 g/mol. The van der Waals surface area contributed by atoms with Crippen molar-refractivity contribution >= 4 is 17.7 Å². The van der Waals surface area contributed by atoms with E-state index in [1.807, 2.05) is 25.6 Å². The first-order chi connectivity index (χ1) is 8.59. The molecule has 1 N–H and O–H groups in total. The van der Waals surface area contributed by atoms with Crippen LogP contribution in [0, 0.1) is 0 Å². The molecule has 2 heterocycles. The van der Waals surface area contributed by atoms with Crippen LogP contribution >= 0.6 is 11.8 Å². The first-order valence-corrected chi connectivity index (χ1v) is 7.36. The highest BCUT2D eigenvalue weighted by atomic mass is 32.2. The molecular formula is C13H18N2O2S. The maximum atomic E-state index is 11.1. The summed E-state index contributed by atoms with van der Waals surface area (Å²) in [4.78, 5) is 19.9. The van der Waals surface area contributed by atoms with Crippen molar-refractivity contribution in [2.45, 2.75) is 44.3 Å². The van der Waals surface area contributed by atoms with Crippen molar-refractivity contribution in [3.05, 3.63) is 23.3 Å². The summed E-state index contributed by atoms with van der Waals surface area (Å²) >= 11 is 1.88. The van der Waals surface area contributed by atoms with Crippen LogP contribution in [0.2, 0.25) is 0 Å². The summed E-state index contributed by atoms with van der Waals surface area (Å²) < 4.78 is 0. The molecule has 0 bridgehead atoms. The molecule has 0 aromatic carbocycles. The maximum absolute atomic E-state index is 11.1. The Morgan fingerprint density at radius 1 is 1.50 bits per heavy atom. The van der Waals surface area contributed by atoms with E-state index in [0.717, 1.165) is 18.0 Å². The summed E-state index contributed by atoms with van der Waals surface area (Å²) in [5.74, 6) is 1.10. The van der Waals surface area contributed by atoms with Gasteiger partial charge in [0.2, 0.25) is 0 Å². The SMILES string of the molecule is CC(C)c1nc(C2CCCCS2)ncc1C(=O)O. The van der Waals surface area contributed by atoms with Crippen molar-refractivity contribution in [3.8, 4) is 0 Å². The van der Waals surface area contributed by atoms with Gasteiger partial charge in [0.05, 0.1) is 16.5 Å². The van der Waals surface area contributed by atoms with E-state index in [-0.39, 0.29) is 11.5 Å². The normalized spacial score (nSPS) is 20.1. The number of carboxylic acid groups (broad SMARTS) is 1. The molecule has 1 atom stereocenters. The van der Waals surface area contributed by atoms with Crippen LogP contribution < -0.4 is 0 Å². The molecule has 1 unspecified atom stereocenters. The molecule has 1 fully saturated rings. The molecule has 1 saturated heterocycles. The van der Waals surface area contributed by atoms with Gasteiger partial charge in [0, 0.05) is 6.20 Å². The van der Waals surface area contributed by atoms with E-state index < -0.39 is 5.97 Å². The Balaban J connectivity index is 2.33. The predicted octanol–water partition coefficient (Wildman–Crippen LogP) is 3.26. The highest BCUT2D eigenvalue weighted by Gasteiger charge is 2.22. The lowest BCUT2D eigenvalue weighted by Crippen LogP contribution is -2.13. The van der Waals surface area contributed by atoms with Gasteiger partial charge in [-0.25, -0.2) is 14.8 Å². The van der Waals surface area contributed by atoms with Crippen molar-refractivity contribution in [2.24, 2.45) is 0 Å². The van der Waals surface area contributed by atoms with Gasteiger partial charge in [-0.3, -0.25) is 0 Å². The molecule has 98 valence electrons. The summed E-state index contributed by atoms with van der Waals surface area (Å²) in [6.07, 6.45) is 5.02. The number of hydrogen-bond donors (Lipinski definition) is 1. The quantitative estimate of drug-likeness (QED) is 0.909. The van der Waals surface area contributed by atoms with Crippen LogP contribution in [-0.2, 0) is 0 Å². The fourth-order valence-electron chi connectivity index (χ4n) is 2.11. The molecule has 0 amide bonds. The average Bonchev–Trinajstić information content (AvgIpc) is 2.39. The van der Waals surface area contributed by atoms with Crippen LogP contribution in [0.1, 0.15) is 66.2 Å². The second kappa shape index (κ2) is 5.69. The number of thioether (sulfide) groups is 1. The van der Waals surface area contributed by atoms with E-state index in [9.17, 15) is 4.79 Å². The van der Waals surface area contributed by atoms with Gasteiger partial charge < -0.3 is 5.11 Å². The lowest BCUT2D eigenvalue weighted by atomic mass is 10.0. The van der Waals surface area contributed by atoms with Crippen molar-refractivity contribution in [1.29, 1.82) is 0 Å². The van der Waals surface area contributed by atoms with Crippen molar-refractivity contribution in [2.75, 3.05) is 5.75 Å². The number of aromatic nitrogens is 2. The number of rotatable bonds is 3. The summed E-state index contributed by atoms with van der Waals surface area (Å²) in [6, 6.07) is 0. The molecule has 1 aromatic heterocycles. The van der Waals surface area contributed by atoms with Crippen LogP contribution in [0.3, 0.4) is 0 Å². The van der Waals surface area contributed by atoms with Gasteiger partial charge in [0.1, 0.15) is 5.82 Å². The van der Waals surface area contributed by atoms with Gasteiger partial charge in [-0.1, -0.05) is 20.3 Å². The van der Waals surface area contributed by atoms with Crippen LogP contribution in [0.25, 0.3) is 0 Å². The Bertz CT molecular complexity index is 443. The lowest BCUT2D eigenvalue weighted by molar-refractivity contribution is 0.0694. The Hall–Kier alpha value is -1.10. The summed E-state index contributed by atoms with van der Waals surface area (Å²) in [5.41, 5.74) is 0.883. The van der Waals surface area contributed by atoms with Gasteiger partial charge >= 0.3 is 5.97 Å². The van der Waals surface area contributed by atoms with E-state index in [2.05, 4.69) is 9.97 Å². The molecule has 1 aliphatic heterocycles. The standard InChI is InChI=1S/C13H18N2O2S/c1-8(2)11-9(13(16)17)7-14-12(15-11)10-5-3-4-6-18-10/h7-8,10H,3-6H2,1-2H3,(H,16,17). The highest BCUT2D eigenvalue weighted by Crippen LogP contribution is 2.37. The Kier molecular flexibility index (Phi) is 4.22. The van der Waals surface area contributed by atoms with Gasteiger partial charge in [-0.05, 0) is 24.5 Å². The third kappa shape index (κ3) is 2.83. The van der Waals surface area contributed by atoms with Crippen LogP contribution in [0.15, 0.2) is 6.20 Å². The molecular weight excluding hydrogens is 248 g/mol. The smallest absolute Gasteiger partial charge is 0.339 e. The summed E-state index contributed by atoms with van der Waals surface area (Å²) in [6.45, 7) is 3.93. The van der Waals surface area contributed by atoms with E-state index in [0.29, 0.717) is 10.9 Å². The molecule has 18 heavy (non-hydrogen) atoms. The molecule has 0 saturated carbocycles. The minimum atomic E-state index is -0.943. The van der Waals surface area contributed by atoms with Gasteiger partial charge in [0.15, 0.2) is 0 Å². The molecule has 0 radical (unpaired) electrons. The molecule has 4 nitrogen and oxygen atoms in total. The third-order valence-electron chi connectivity index (χ3n) is 3.08. The summed E-state index contributed by atoms with van der Waals surface area (Å²) in [7, 11) is 0. The van der Waals surface area contributed by atoms with Crippen molar-refractivity contribution in [1.82, 2.24) is 9.97 Å². The maximum Gasteiger partial charge on any atom is 0.339 e. The fraction of sp³-hybridized carbons (Fsp3) is 0.615. The van der Waals surface area contributed by atoms with Crippen LogP contribution in [0.5, 0.6) is 0 Å². The largest absolute Gasteiger partial charge is 0.478 e. The minimum Gasteiger partial charge on any atom is -0.478 e. The van der Waals surface area contributed by atoms with Crippen LogP contribution in [0.4, 0.5) is 0 Å². The minimum absolute atomic E-state index is 0.103. The van der Waals surface area contributed by atoms with E-state index >= 15 is 0 Å². The van der Waals surface area contributed by atoms with Gasteiger partial charge in [0.25, 0.3) is 0 Å². The molecule has 5 heteroatoms. The highest BCUT2D eigenvalue weighted by molar-refractivity contribution is 7.99. The molecule has 0 aliphatic carbocycles. The average molecular weight is 266 g/mol.